The van der Waals surface area contributed by atoms with Gasteiger partial charge in [-0.05, 0) is 43.9 Å². The van der Waals surface area contributed by atoms with Gasteiger partial charge in [-0.3, -0.25) is 4.99 Å². The third-order valence-electron chi connectivity index (χ3n) is 4.94. The van der Waals surface area contributed by atoms with Crippen LogP contribution in [0.1, 0.15) is 19.3 Å². The molecule has 1 saturated carbocycles. The van der Waals surface area contributed by atoms with Crippen molar-refractivity contribution < 1.29 is 4.74 Å². The summed E-state index contributed by atoms with van der Waals surface area (Å²) < 4.78 is 5.77. The number of ether oxygens (including phenoxy) is 1. The fraction of sp³-hybridized carbons (Fsp3) is 0.632. The molecule has 6 heteroatoms. The van der Waals surface area contributed by atoms with Crippen molar-refractivity contribution in [3.8, 4) is 5.75 Å². The summed E-state index contributed by atoms with van der Waals surface area (Å²) in [6, 6.07) is 10.8. The summed E-state index contributed by atoms with van der Waals surface area (Å²) in [5.41, 5.74) is 0. The Morgan fingerprint density at radius 2 is 2.04 bits per heavy atom. The van der Waals surface area contributed by atoms with Gasteiger partial charge in [-0.15, -0.1) is 24.0 Å². The maximum Gasteiger partial charge on any atom is 0.193 e. The molecule has 140 valence electrons. The Balaban J connectivity index is 0.00000225. The van der Waals surface area contributed by atoms with Gasteiger partial charge in [0.05, 0.1) is 6.54 Å². The lowest BCUT2D eigenvalue weighted by atomic mass is 10.1. The summed E-state index contributed by atoms with van der Waals surface area (Å²) in [4.78, 5) is 9.20. The second kappa shape index (κ2) is 10.2. The SMILES string of the molecule is CN=C(NCC1CCN(C2CC2)C1)N(C)CCOc1ccccc1.I. The fourth-order valence-electron chi connectivity index (χ4n) is 3.34. The number of aliphatic imine (C=N–C) groups is 1. The Bertz CT molecular complexity index is 535. The van der Waals surface area contributed by atoms with Crippen molar-refractivity contribution in [3.05, 3.63) is 30.3 Å². The van der Waals surface area contributed by atoms with E-state index in [1.165, 1.54) is 32.4 Å². The predicted octanol–water partition coefficient (Wildman–Crippen LogP) is 2.67. The van der Waals surface area contributed by atoms with Crippen LogP contribution in [-0.2, 0) is 0 Å². The van der Waals surface area contributed by atoms with Crippen LogP contribution in [0.25, 0.3) is 0 Å². The molecule has 1 aliphatic carbocycles. The smallest absolute Gasteiger partial charge is 0.193 e. The number of hydrogen-bond acceptors (Lipinski definition) is 3. The second-order valence-corrected chi connectivity index (χ2v) is 6.89. The van der Waals surface area contributed by atoms with Crippen molar-refractivity contribution in [3.63, 3.8) is 0 Å². The molecular weight excluding hydrogens is 427 g/mol. The zero-order chi connectivity index (χ0) is 16.8. The van der Waals surface area contributed by atoms with E-state index in [1.807, 2.05) is 37.4 Å². The number of para-hydroxylation sites is 1. The predicted molar refractivity (Wildman–Crippen MR) is 114 cm³/mol. The third-order valence-corrected chi connectivity index (χ3v) is 4.94. The molecule has 1 aromatic carbocycles. The highest BCUT2D eigenvalue weighted by Crippen LogP contribution is 2.31. The number of nitrogens with zero attached hydrogens (tertiary/aromatic N) is 3. The van der Waals surface area contributed by atoms with E-state index in [-0.39, 0.29) is 24.0 Å². The molecule has 0 bridgehead atoms. The fourth-order valence-corrected chi connectivity index (χ4v) is 3.34. The van der Waals surface area contributed by atoms with Gasteiger partial charge in [0.25, 0.3) is 0 Å². The Morgan fingerprint density at radius 3 is 2.72 bits per heavy atom. The maximum absolute atomic E-state index is 5.77. The molecule has 2 aliphatic rings. The molecule has 1 saturated heterocycles. The zero-order valence-corrected chi connectivity index (χ0v) is 17.7. The number of nitrogens with one attached hydrogen (secondary N) is 1. The third kappa shape index (κ3) is 6.33. The Kier molecular flexibility index (Phi) is 8.29. The summed E-state index contributed by atoms with van der Waals surface area (Å²) in [7, 11) is 3.91. The van der Waals surface area contributed by atoms with Crippen LogP contribution < -0.4 is 10.1 Å². The molecule has 0 aromatic heterocycles. The van der Waals surface area contributed by atoms with Crippen LogP contribution in [0.4, 0.5) is 0 Å². The number of halogens is 1. The zero-order valence-electron chi connectivity index (χ0n) is 15.4. The van der Waals surface area contributed by atoms with Crippen molar-refractivity contribution in [2.45, 2.75) is 25.3 Å². The maximum atomic E-state index is 5.77. The summed E-state index contributed by atoms with van der Waals surface area (Å²) in [5, 5.41) is 3.53. The van der Waals surface area contributed by atoms with Gasteiger partial charge in [0.2, 0.25) is 0 Å². The average molecular weight is 458 g/mol. The number of likely N-dealkylation sites (N-methyl/N-ethyl adjacent to an activating group) is 1. The molecule has 25 heavy (non-hydrogen) atoms. The normalized spacial score (nSPS) is 20.9. The van der Waals surface area contributed by atoms with E-state index < -0.39 is 0 Å². The second-order valence-electron chi connectivity index (χ2n) is 6.89. The molecule has 2 fully saturated rings. The molecule has 0 radical (unpaired) electrons. The summed E-state index contributed by atoms with van der Waals surface area (Å²) in [5.74, 6) is 2.62. The van der Waals surface area contributed by atoms with Crippen molar-refractivity contribution in [1.29, 1.82) is 0 Å². The van der Waals surface area contributed by atoms with E-state index in [4.69, 9.17) is 4.74 Å². The Labute approximate surface area is 168 Å². The van der Waals surface area contributed by atoms with Crippen molar-refractivity contribution in [2.75, 3.05) is 46.9 Å². The van der Waals surface area contributed by atoms with Crippen molar-refractivity contribution >= 4 is 29.9 Å². The highest BCUT2D eigenvalue weighted by Gasteiger charge is 2.34. The molecule has 1 unspecified atom stereocenters. The highest BCUT2D eigenvalue weighted by atomic mass is 127. The van der Waals surface area contributed by atoms with Crippen molar-refractivity contribution in [1.82, 2.24) is 15.1 Å². The van der Waals surface area contributed by atoms with Crippen LogP contribution in [0.5, 0.6) is 5.75 Å². The minimum Gasteiger partial charge on any atom is -0.492 e. The van der Waals surface area contributed by atoms with Crippen LogP contribution in [0.3, 0.4) is 0 Å². The number of benzene rings is 1. The van der Waals surface area contributed by atoms with Gasteiger partial charge in [0.1, 0.15) is 12.4 Å². The monoisotopic (exact) mass is 458 g/mol. The van der Waals surface area contributed by atoms with Gasteiger partial charge in [0.15, 0.2) is 5.96 Å². The number of guanidine groups is 1. The molecule has 1 aromatic rings. The molecule has 0 amide bonds. The van der Waals surface area contributed by atoms with Gasteiger partial charge in [0, 0.05) is 33.2 Å². The van der Waals surface area contributed by atoms with Gasteiger partial charge in [-0.25, -0.2) is 0 Å². The minimum absolute atomic E-state index is 0. The quantitative estimate of drug-likeness (QED) is 0.388. The number of likely N-dealkylation sites (tertiary alicyclic amines) is 1. The lowest BCUT2D eigenvalue weighted by Crippen LogP contribution is -2.43. The molecule has 1 aliphatic heterocycles. The van der Waals surface area contributed by atoms with Crippen LogP contribution in [0, 0.1) is 5.92 Å². The molecular formula is C19H31IN4O. The topological polar surface area (TPSA) is 40.1 Å². The first-order valence-electron chi connectivity index (χ1n) is 9.10. The molecule has 1 atom stereocenters. The van der Waals surface area contributed by atoms with Gasteiger partial charge in [-0.2, -0.15) is 0 Å². The average Bonchev–Trinajstić information content (AvgIpc) is 3.35. The lowest BCUT2D eigenvalue weighted by molar-refractivity contribution is 0.280. The van der Waals surface area contributed by atoms with Crippen LogP contribution in [0.2, 0.25) is 0 Å². The van der Waals surface area contributed by atoms with Gasteiger partial charge in [-0.1, -0.05) is 18.2 Å². The van der Waals surface area contributed by atoms with Gasteiger partial charge >= 0.3 is 0 Å². The first-order chi connectivity index (χ1) is 11.8. The van der Waals surface area contributed by atoms with E-state index in [2.05, 4.69) is 27.2 Å². The van der Waals surface area contributed by atoms with E-state index >= 15 is 0 Å². The summed E-state index contributed by atoms with van der Waals surface area (Å²) in [6.07, 6.45) is 4.12. The van der Waals surface area contributed by atoms with E-state index in [0.29, 0.717) is 6.61 Å². The first kappa shape index (κ1) is 20.3. The van der Waals surface area contributed by atoms with Gasteiger partial charge < -0.3 is 19.9 Å². The standard InChI is InChI=1S/C19H30N4O.HI/c1-20-19(21-14-16-10-11-23(15-16)17-8-9-17)22(2)12-13-24-18-6-4-3-5-7-18;/h3-7,16-17H,8-15H2,1-2H3,(H,20,21);1H. The van der Waals surface area contributed by atoms with E-state index in [9.17, 15) is 0 Å². The Morgan fingerprint density at radius 1 is 1.28 bits per heavy atom. The molecule has 3 rings (SSSR count). The number of hydrogen-bond donors (Lipinski definition) is 1. The lowest BCUT2D eigenvalue weighted by Gasteiger charge is -2.23. The number of rotatable bonds is 7. The summed E-state index contributed by atoms with van der Waals surface area (Å²) in [6.45, 7) is 5.00. The minimum atomic E-state index is 0. The molecule has 0 spiro atoms. The van der Waals surface area contributed by atoms with E-state index in [0.717, 1.165) is 36.8 Å². The molecule has 1 N–H and O–H groups in total. The largest absolute Gasteiger partial charge is 0.492 e. The Hall–Kier alpha value is -1.02. The summed E-state index contributed by atoms with van der Waals surface area (Å²) >= 11 is 0. The van der Waals surface area contributed by atoms with Crippen LogP contribution >= 0.6 is 24.0 Å². The molecule has 1 heterocycles. The first-order valence-corrected chi connectivity index (χ1v) is 9.10. The van der Waals surface area contributed by atoms with Crippen molar-refractivity contribution in [2.24, 2.45) is 10.9 Å². The van der Waals surface area contributed by atoms with Crippen LogP contribution in [0.15, 0.2) is 35.3 Å². The van der Waals surface area contributed by atoms with E-state index in [1.54, 1.807) is 0 Å². The highest BCUT2D eigenvalue weighted by molar-refractivity contribution is 14.0. The van der Waals surface area contributed by atoms with Crippen LogP contribution in [-0.4, -0.2) is 68.7 Å². The molecule has 5 nitrogen and oxygen atoms in total.